The van der Waals surface area contributed by atoms with Crippen LogP contribution in [0.4, 0.5) is 0 Å². The largest absolute Gasteiger partial charge is 0.349 e. The molecule has 0 unspecified atom stereocenters. The minimum atomic E-state index is -0.274. The lowest BCUT2D eigenvalue weighted by Crippen LogP contribution is -2.46. The van der Waals surface area contributed by atoms with Gasteiger partial charge in [-0.2, -0.15) is 0 Å². The molecule has 0 aromatic heterocycles. The Kier molecular flexibility index (Phi) is 6.41. The molecule has 1 saturated heterocycles. The lowest BCUT2D eigenvalue weighted by Gasteiger charge is -2.32. The zero-order valence-electron chi connectivity index (χ0n) is 20.1. The average molecular weight is 474 g/mol. The summed E-state index contributed by atoms with van der Waals surface area (Å²) in [5.41, 5.74) is 2.77. The Hall–Kier alpha value is -3.48. The maximum absolute atomic E-state index is 13.2. The van der Waals surface area contributed by atoms with Crippen LogP contribution in [0.2, 0.25) is 0 Å². The van der Waals surface area contributed by atoms with Gasteiger partial charge < -0.3 is 10.2 Å². The van der Waals surface area contributed by atoms with Crippen molar-refractivity contribution in [3.8, 4) is 0 Å². The summed E-state index contributed by atoms with van der Waals surface area (Å²) < 4.78 is 0. The van der Waals surface area contributed by atoms with Crippen molar-refractivity contribution in [3.05, 3.63) is 70.3 Å². The smallest absolute Gasteiger partial charge is 0.261 e. The summed E-state index contributed by atoms with van der Waals surface area (Å²) in [6.07, 6.45) is 6.25. The number of carbonyl (C=O) groups excluding carboxylic acids is 4. The summed E-state index contributed by atoms with van der Waals surface area (Å²) >= 11 is 0. The normalized spacial score (nSPS) is 19.1. The zero-order valence-corrected chi connectivity index (χ0v) is 20.1. The number of hydrogen-bond donors (Lipinski definition) is 1. The second-order valence-electron chi connectivity index (χ2n) is 9.89. The molecule has 4 amide bonds. The molecular formula is C28H31N3O4. The average Bonchev–Trinajstić information content (AvgIpc) is 3.14. The number of likely N-dealkylation sites (tertiary alicyclic amines) is 1. The SMILES string of the molecule is Cc1ccccc1C(=O)NC1CCN(C(=O)c2ccc3c(c2)C(=O)N(C2CCCCC2)C3=O)CC1. The van der Waals surface area contributed by atoms with Crippen molar-refractivity contribution >= 4 is 23.6 Å². The summed E-state index contributed by atoms with van der Waals surface area (Å²) in [4.78, 5) is 55.0. The molecule has 2 heterocycles. The summed E-state index contributed by atoms with van der Waals surface area (Å²) in [5.74, 6) is -0.740. The van der Waals surface area contributed by atoms with Crippen LogP contribution in [0.1, 0.15) is 91.9 Å². The Morgan fingerprint density at radius 1 is 0.857 bits per heavy atom. The number of piperidine rings is 1. The number of aryl methyl sites for hydroxylation is 1. The number of imide groups is 1. The van der Waals surface area contributed by atoms with E-state index < -0.39 is 0 Å². The number of hydrogen-bond acceptors (Lipinski definition) is 4. The summed E-state index contributed by atoms with van der Waals surface area (Å²) in [7, 11) is 0. The van der Waals surface area contributed by atoms with Gasteiger partial charge in [-0.25, -0.2) is 0 Å². The lowest BCUT2D eigenvalue weighted by atomic mass is 9.94. The quantitative estimate of drug-likeness (QED) is 0.681. The number of nitrogens with one attached hydrogen (secondary N) is 1. The van der Waals surface area contributed by atoms with Crippen molar-refractivity contribution < 1.29 is 19.2 Å². The Morgan fingerprint density at radius 3 is 2.26 bits per heavy atom. The third kappa shape index (κ3) is 4.47. The molecule has 182 valence electrons. The Balaban J connectivity index is 1.22. The second-order valence-corrected chi connectivity index (χ2v) is 9.89. The van der Waals surface area contributed by atoms with Crippen LogP contribution in [0, 0.1) is 6.92 Å². The molecule has 0 radical (unpaired) electrons. The van der Waals surface area contributed by atoms with Gasteiger partial charge in [-0.05, 0) is 62.4 Å². The van der Waals surface area contributed by atoms with Crippen LogP contribution in [0.5, 0.6) is 0 Å². The van der Waals surface area contributed by atoms with Gasteiger partial charge in [0.25, 0.3) is 23.6 Å². The van der Waals surface area contributed by atoms with Gasteiger partial charge in [-0.15, -0.1) is 0 Å². The molecule has 5 rings (SSSR count). The van der Waals surface area contributed by atoms with E-state index in [4.69, 9.17) is 0 Å². The molecule has 1 N–H and O–H groups in total. The monoisotopic (exact) mass is 473 g/mol. The molecule has 0 spiro atoms. The fourth-order valence-electron chi connectivity index (χ4n) is 5.56. The predicted molar refractivity (Wildman–Crippen MR) is 131 cm³/mol. The molecule has 3 aliphatic rings. The minimum Gasteiger partial charge on any atom is -0.349 e. The Labute approximate surface area is 205 Å². The highest BCUT2D eigenvalue weighted by molar-refractivity contribution is 6.22. The van der Waals surface area contributed by atoms with E-state index in [0.29, 0.717) is 48.2 Å². The first kappa shape index (κ1) is 23.3. The van der Waals surface area contributed by atoms with Crippen molar-refractivity contribution in [2.75, 3.05) is 13.1 Å². The first-order valence-electron chi connectivity index (χ1n) is 12.6. The van der Waals surface area contributed by atoms with E-state index >= 15 is 0 Å². The highest BCUT2D eigenvalue weighted by Crippen LogP contribution is 2.32. The van der Waals surface area contributed by atoms with Gasteiger partial charge in [0.2, 0.25) is 0 Å². The Bertz CT molecular complexity index is 1180. The first-order chi connectivity index (χ1) is 16.9. The van der Waals surface area contributed by atoms with Crippen LogP contribution in [0.3, 0.4) is 0 Å². The van der Waals surface area contributed by atoms with Crippen molar-refractivity contribution in [1.29, 1.82) is 0 Å². The van der Waals surface area contributed by atoms with Crippen LogP contribution in [-0.2, 0) is 0 Å². The standard InChI is InChI=1S/C28H31N3O4/c1-18-7-5-6-10-22(18)25(32)29-20-13-15-30(16-14-20)26(33)19-11-12-23-24(17-19)28(35)31(27(23)34)21-8-3-2-4-9-21/h5-7,10-12,17,20-21H,2-4,8-9,13-16H2,1H3,(H,29,32). The molecule has 0 atom stereocenters. The molecule has 2 aliphatic heterocycles. The van der Waals surface area contributed by atoms with Crippen molar-refractivity contribution in [1.82, 2.24) is 15.1 Å². The number of amides is 4. The zero-order chi connectivity index (χ0) is 24.5. The van der Waals surface area contributed by atoms with Crippen LogP contribution in [0.15, 0.2) is 42.5 Å². The van der Waals surface area contributed by atoms with E-state index in [-0.39, 0.29) is 35.7 Å². The molecule has 2 aromatic rings. The third-order valence-corrected chi connectivity index (χ3v) is 7.61. The maximum atomic E-state index is 13.2. The van der Waals surface area contributed by atoms with E-state index in [1.54, 1.807) is 23.1 Å². The van der Waals surface area contributed by atoms with Gasteiger partial charge >= 0.3 is 0 Å². The molecule has 0 bridgehead atoms. The molecule has 7 heteroatoms. The molecule has 2 aromatic carbocycles. The van der Waals surface area contributed by atoms with Gasteiger partial charge in [-0.3, -0.25) is 24.1 Å². The summed E-state index contributed by atoms with van der Waals surface area (Å²) in [6.45, 7) is 2.96. The number of benzene rings is 2. The second kappa shape index (κ2) is 9.64. The van der Waals surface area contributed by atoms with E-state index in [9.17, 15) is 19.2 Å². The van der Waals surface area contributed by atoms with Crippen LogP contribution in [-0.4, -0.2) is 58.6 Å². The number of rotatable bonds is 4. The molecule has 35 heavy (non-hydrogen) atoms. The van der Waals surface area contributed by atoms with Gasteiger partial charge in [0.1, 0.15) is 0 Å². The number of fused-ring (bicyclic) bond motifs is 1. The topological polar surface area (TPSA) is 86.8 Å². The van der Waals surface area contributed by atoms with E-state index in [1.807, 2.05) is 31.2 Å². The molecule has 7 nitrogen and oxygen atoms in total. The number of carbonyl (C=O) groups is 4. The molecule has 2 fully saturated rings. The summed E-state index contributed by atoms with van der Waals surface area (Å²) in [5, 5.41) is 3.09. The fraction of sp³-hybridized carbons (Fsp3) is 0.429. The molecular weight excluding hydrogens is 442 g/mol. The third-order valence-electron chi connectivity index (χ3n) is 7.61. The lowest BCUT2D eigenvalue weighted by molar-refractivity contribution is 0.0548. The van der Waals surface area contributed by atoms with E-state index in [2.05, 4.69) is 5.32 Å². The fourth-order valence-corrected chi connectivity index (χ4v) is 5.56. The van der Waals surface area contributed by atoms with Crippen molar-refractivity contribution in [3.63, 3.8) is 0 Å². The highest BCUT2D eigenvalue weighted by Gasteiger charge is 2.40. The molecule has 1 saturated carbocycles. The predicted octanol–water partition coefficient (Wildman–Crippen LogP) is 3.96. The van der Waals surface area contributed by atoms with Crippen molar-refractivity contribution in [2.45, 2.75) is 64.0 Å². The number of nitrogens with zero attached hydrogens (tertiary/aromatic N) is 2. The van der Waals surface area contributed by atoms with Gasteiger partial charge in [-0.1, -0.05) is 37.5 Å². The Morgan fingerprint density at radius 2 is 1.54 bits per heavy atom. The molecule has 1 aliphatic carbocycles. The van der Waals surface area contributed by atoms with Gasteiger partial charge in [0.05, 0.1) is 11.1 Å². The van der Waals surface area contributed by atoms with Crippen LogP contribution < -0.4 is 5.32 Å². The van der Waals surface area contributed by atoms with E-state index in [0.717, 1.165) is 37.7 Å². The van der Waals surface area contributed by atoms with Gasteiger partial charge in [0.15, 0.2) is 0 Å². The van der Waals surface area contributed by atoms with Crippen LogP contribution >= 0.6 is 0 Å². The first-order valence-corrected chi connectivity index (χ1v) is 12.6. The minimum absolute atomic E-state index is 0.00873. The van der Waals surface area contributed by atoms with Gasteiger partial charge in [0, 0.05) is 36.3 Å². The maximum Gasteiger partial charge on any atom is 0.261 e. The highest BCUT2D eigenvalue weighted by atomic mass is 16.2. The summed E-state index contributed by atoms with van der Waals surface area (Å²) in [6, 6.07) is 12.3. The van der Waals surface area contributed by atoms with Crippen molar-refractivity contribution in [2.24, 2.45) is 0 Å². The van der Waals surface area contributed by atoms with E-state index in [1.165, 1.54) is 4.90 Å². The van der Waals surface area contributed by atoms with Crippen LogP contribution in [0.25, 0.3) is 0 Å².